The van der Waals surface area contributed by atoms with E-state index in [4.69, 9.17) is 16.6 Å². The highest BCUT2D eigenvalue weighted by Gasteiger charge is 2.23. The Morgan fingerprint density at radius 3 is 2.48 bits per heavy atom. The number of nitrogens with zero attached hydrogens (tertiary/aromatic N) is 2. The van der Waals surface area contributed by atoms with Gasteiger partial charge in [-0.3, -0.25) is 0 Å². The van der Waals surface area contributed by atoms with Crippen molar-refractivity contribution in [2.45, 2.75) is 13.0 Å². The molecule has 1 heterocycles. The molecule has 0 aliphatic heterocycles. The number of halogens is 1. The molecule has 5 nitrogen and oxygen atoms in total. The Labute approximate surface area is 174 Å². The second-order valence-electron chi connectivity index (χ2n) is 6.87. The third kappa shape index (κ3) is 3.82. The van der Waals surface area contributed by atoms with E-state index < -0.39 is 6.04 Å². The summed E-state index contributed by atoms with van der Waals surface area (Å²) >= 11 is 6.18. The highest BCUT2D eigenvalue weighted by Crippen LogP contribution is 2.26. The molecule has 29 heavy (non-hydrogen) atoms. The maximum Gasteiger partial charge on any atom is 0.320 e. The van der Waals surface area contributed by atoms with Crippen LogP contribution in [0.15, 0.2) is 72.8 Å². The number of carbonyl (C=O) groups is 1. The maximum atomic E-state index is 12.9. The molecule has 4 rings (SSSR count). The van der Waals surface area contributed by atoms with Gasteiger partial charge < -0.3 is 15.2 Å². The Morgan fingerprint density at radius 2 is 1.72 bits per heavy atom. The highest BCUT2D eigenvalue weighted by molar-refractivity contribution is 6.31. The maximum absolute atomic E-state index is 12.9. The van der Waals surface area contributed by atoms with E-state index in [0.29, 0.717) is 10.7 Å². The van der Waals surface area contributed by atoms with Gasteiger partial charge in [0.2, 0.25) is 0 Å². The number of amides is 2. The topological polar surface area (TPSA) is 59.0 Å². The van der Waals surface area contributed by atoms with Gasteiger partial charge in [0.1, 0.15) is 11.9 Å². The van der Waals surface area contributed by atoms with Gasteiger partial charge in [0.05, 0.1) is 11.0 Å². The van der Waals surface area contributed by atoms with Gasteiger partial charge in [0.25, 0.3) is 0 Å². The van der Waals surface area contributed by atoms with Crippen molar-refractivity contribution in [3.63, 3.8) is 0 Å². The number of fused-ring (bicyclic) bond motifs is 1. The summed E-state index contributed by atoms with van der Waals surface area (Å²) in [5, 5.41) is 6.58. The molecule has 6 heteroatoms. The number of aryl methyl sites for hydroxylation is 1. The van der Waals surface area contributed by atoms with Crippen LogP contribution in [0.4, 0.5) is 10.5 Å². The normalized spacial score (nSPS) is 12.0. The fourth-order valence-corrected chi connectivity index (χ4v) is 3.57. The van der Waals surface area contributed by atoms with Crippen molar-refractivity contribution in [3.05, 3.63) is 94.8 Å². The van der Waals surface area contributed by atoms with Crippen LogP contribution in [-0.4, -0.2) is 15.6 Å². The Balaban J connectivity index is 1.69. The minimum atomic E-state index is -0.409. The molecule has 1 aromatic heterocycles. The third-order valence-corrected chi connectivity index (χ3v) is 5.41. The van der Waals surface area contributed by atoms with Crippen LogP contribution in [-0.2, 0) is 7.05 Å². The number of anilines is 1. The van der Waals surface area contributed by atoms with Crippen LogP contribution in [0.2, 0.25) is 5.02 Å². The van der Waals surface area contributed by atoms with Gasteiger partial charge in [-0.05, 0) is 42.3 Å². The monoisotopic (exact) mass is 404 g/mol. The highest BCUT2D eigenvalue weighted by atomic mass is 35.5. The molecular weight excluding hydrogens is 384 g/mol. The van der Waals surface area contributed by atoms with Crippen LogP contribution < -0.4 is 10.6 Å². The largest absolute Gasteiger partial charge is 0.329 e. The first kappa shape index (κ1) is 19.0. The Kier molecular flexibility index (Phi) is 5.23. The summed E-state index contributed by atoms with van der Waals surface area (Å²) in [4.78, 5) is 17.6. The zero-order valence-corrected chi connectivity index (χ0v) is 16.9. The van der Waals surface area contributed by atoms with Gasteiger partial charge in [-0.1, -0.05) is 60.1 Å². The number of nitrogens with one attached hydrogen (secondary N) is 2. The number of benzene rings is 3. The van der Waals surface area contributed by atoms with Crippen molar-refractivity contribution in [3.8, 4) is 0 Å². The number of urea groups is 1. The average Bonchev–Trinajstić information content (AvgIpc) is 3.07. The fourth-order valence-electron chi connectivity index (χ4n) is 3.40. The molecule has 0 spiro atoms. The molecule has 0 aliphatic rings. The predicted octanol–water partition coefficient (Wildman–Crippen LogP) is 5.45. The van der Waals surface area contributed by atoms with Crippen molar-refractivity contribution in [1.82, 2.24) is 14.9 Å². The molecule has 2 N–H and O–H groups in total. The van der Waals surface area contributed by atoms with Crippen LogP contribution in [0.1, 0.15) is 23.0 Å². The van der Waals surface area contributed by atoms with Crippen LogP contribution >= 0.6 is 11.6 Å². The number of hydrogen-bond acceptors (Lipinski definition) is 2. The smallest absolute Gasteiger partial charge is 0.320 e. The van der Waals surface area contributed by atoms with Gasteiger partial charge in [0, 0.05) is 17.8 Å². The van der Waals surface area contributed by atoms with Gasteiger partial charge in [0.15, 0.2) is 0 Å². The zero-order valence-electron chi connectivity index (χ0n) is 16.2. The Hall–Kier alpha value is -3.31. The summed E-state index contributed by atoms with van der Waals surface area (Å²) in [6, 6.07) is 22.4. The van der Waals surface area contributed by atoms with Crippen LogP contribution in [0.3, 0.4) is 0 Å². The number of rotatable bonds is 4. The van der Waals surface area contributed by atoms with Gasteiger partial charge >= 0.3 is 6.03 Å². The number of imidazole rings is 1. The summed E-state index contributed by atoms with van der Waals surface area (Å²) in [5.74, 6) is 0.760. The van der Waals surface area contributed by atoms with Crippen molar-refractivity contribution in [1.29, 1.82) is 0 Å². The first-order chi connectivity index (χ1) is 14.0. The van der Waals surface area contributed by atoms with Gasteiger partial charge in [-0.25, -0.2) is 9.78 Å². The van der Waals surface area contributed by atoms with Crippen LogP contribution in [0.25, 0.3) is 11.0 Å². The van der Waals surface area contributed by atoms with Crippen molar-refractivity contribution >= 4 is 34.4 Å². The second-order valence-corrected chi connectivity index (χ2v) is 7.28. The standard InChI is InChI=1S/C23H21ClN4O/c1-15-17(24)11-8-13-18(15)26-23(29)27-21(16-9-4-3-5-10-16)22-25-19-12-6-7-14-20(19)28(22)2/h3-14,21H,1-2H3,(H2,26,27,29)/t21-/m1/s1. The minimum Gasteiger partial charge on any atom is -0.329 e. The molecule has 1 atom stereocenters. The molecule has 0 fully saturated rings. The van der Waals surface area contributed by atoms with E-state index in [-0.39, 0.29) is 6.03 Å². The van der Waals surface area contributed by atoms with Gasteiger partial charge in [-0.15, -0.1) is 0 Å². The number of carbonyl (C=O) groups excluding carboxylic acids is 1. The lowest BCUT2D eigenvalue weighted by Crippen LogP contribution is -2.34. The van der Waals surface area contributed by atoms with E-state index in [1.54, 1.807) is 6.07 Å². The molecule has 146 valence electrons. The van der Waals surface area contributed by atoms with E-state index in [0.717, 1.165) is 28.0 Å². The minimum absolute atomic E-state index is 0.323. The summed E-state index contributed by atoms with van der Waals surface area (Å²) in [6.45, 7) is 1.87. The number of para-hydroxylation sites is 2. The summed E-state index contributed by atoms with van der Waals surface area (Å²) in [6.07, 6.45) is 0. The molecule has 0 radical (unpaired) electrons. The Morgan fingerprint density at radius 1 is 1.00 bits per heavy atom. The lowest BCUT2D eigenvalue weighted by molar-refractivity contribution is 0.249. The van der Waals surface area contributed by atoms with Gasteiger partial charge in [-0.2, -0.15) is 0 Å². The quantitative estimate of drug-likeness (QED) is 0.475. The zero-order chi connectivity index (χ0) is 20.4. The van der Waals surface area contributed by atoms with E-state index in [9.17, 15) is 4.79 Å². The molecular formula is C23H21ClN4O. The number of aromatic nitrogens is 2. The van der Waals surface area contributed by atoms with Crippen LogP contribution in [0, 0.1) is 6.92 Å². The van der Waals surface area contributed by atoms with E-state index >= 15 is 0 Å². The molecule has 2 amide bonds. The van der Waals surface area contributed by atoms with E-state index in [2.05, 4.69) is 10.6 Å². The lowest BCUT2D eigenvalue weighted by Gasteiger charge is -2.20. The predicted molar refractivity (Wildman–Crippen MR) is 117 cm³/mol. The first-order valence-corrected chi connectivity index (χ1v) is 9.71. The SMILES string of the molecule is Cc1c(Cl)cccc1NC(=O)N[C@H](c1ccccc1)c1nc2ccccc2n1C. The molecule has 0 aliphatic carbocycles. The van der Waals surface area contributed by atoms with E-state index in [1.165, 1.54) is 0 Å². The third-order valence-electron chi connectivity index (χ3n) is 5.00. The summed E-state index contributed by atoms with van der Waals surface area (Å²) < 4.78 is 2.01. The first-order valence-electron chi connectivity index (χ1n) is 9.33. The van der Waals surface area contributed by atoms with E-state index in [1.807, 2.05) is 85.3 Å². The van der Waals surface area contributed by atoms with Crippen molar-refractivity contribution in [2.75, 3.05) is 5.32 Å². The summed E-state index contributed by atoms with van der Waals surface area (Å²) in [7, 11) is 1.96. The van der Waals surface area contributed by atoms with Crippen LogP contribution in [0.5, 0.6) is 0 Å². The van der Waals surface area contributed by atoms with Crippen molar-refractivity contribution in [2.24, 2.45) is 7.05 Å². The molecule has 0 saturated carbocycles. The molecule has 4 aromatic rings. The van der Waals surface area contributed by atoms with Crippen molar-refractivity contribution < 1.29 is 4.79 Å². The second kappa shape index (κ2) is 7.97. The Bertz CT molecular complexity index is 1170. The molecule has 0 unspecified atom stereocenters. The number of hydrogen-bond donors (Lipinski definition) is 2. The summed E-state index contributed by atoms with van der Waals surface area (Å²) in [5.41, 5.74) is 4.34. The molecule has 3 aromatic carbocycles. The molecule has 0 bridgehead atoms. The average molecular weight is 405 g/mol. The lowest BCUT2D eigenvalue weighted by atomic mass is 10.1. The fraction of sp³-hybridized carbons (Fsp3) is 0.130. The molecule has 0 saturated heterocycles.